The van der Waals surface area contributed by atoms with Crippen molar-refractivity contribution in [1.82, 2.24) is 0 Å². The number of nitrogens with two attached hydrogens (primary N) is 1. The van der Waals surface area contributed by atoms with Gasteiger partial charge in [-0.15, -0.1) is 0 Å². The summed E-state index contributed by atoms with van der Waals surface area (Å²) in [4.78, 5) is 0. The van der Waals surface area contributed by atoms with Gasteiger partial charge < -0.3 is 10.5 Å². The lowest BCUT2D eigenvalue weighted by atomic mass is 10.0. The van der Waals surface area contributed by atoms with Crippen LogP contribution in [0.4, 0.5) is 0 Å². The Morgan fingerprint density at radius 2 is 1.94 bits per heavy atom. The van der Waals surface area contributed by atoms with Crippen molar-refractivity contribution in [3.05, 3.63) is 28.2 Å². The first kappa shape index (κ1) is 13.6. The highest BCUT2D eigenvalue weighted by Crippen LogP contribution is 2.26. The number of benzene rings is 1. The minimum Gasteiger partial charge on any atom is -0.493 e. The largest absolute Gasteiger partial charge is 0.493 e. The minimum atomic E-state index is 0.169. The summed E-state index contributed by atoms with van der Waals surface area (Å²) in [6.45, 7) is 4.80. The van der Waals surface area contributed by atoms with Crippen LogP contribution in [0.5, 0.6) is 5.75 Å². The van der Waals surface area contributed by atoms with E-state index < -0.39 is 0 Å². The highest BCUT2D eigenvalue weighted by molar-refractivity contribution is 6.42. The Hall–Kier alpha value is -0.440. The Labute approximate surface area is 107 Å². The van der Waals surface area contributed by atoms with Gasteiger partial charge in [-0.25, -0.2) is 0 Å². The van der Waals surface area contributed by atoms with E-state index >= 15 is 0 Å². The summed E-state index contributed by atoms with van der Waals surface area (Å²) in [5, 5.41) is 1.04. The van der Waals surface area contributed by atoms with Crippen LogP contribution < -0.4 is 10.5 Å². The van der Waals surface area contributed by atoms with Crippen molar-refractivity contribution in [1.29, 1.82) is 0 Å². The van der Waals surface area contributed by atoms with Crippen LogP contribution in [0, 0.1) is 5.92 Å². The number of hydrogen-bond acceptors (Lipinski definition) is 2. The molecular weight excluding hydrogens is 245 g/mol. The Morgan fingerprint density at radius 1 is 1.25 bits per heavy atom. The van der Waals surface area contributed by atoms with Gasteiger partial charge >= 0.3 is 0 Å². The van der Waals surface area contributed by atoms with Gasteiger partial charge in [0.2, 0.25) is 0 Å². The van der Waals surface area contributed by atoms with Crippen molar-refractivity contribution >= 4 is 23.2 Å². The maximum absolute atomic E-state index is 5.91. The second-order valence-electron chi connectivity index (χ2n) is 4.12. The third-order valence-corrected chi connectivity index (χ3v) is 3.21. The molecule has 0 aliphatic rings. The monoisotopic (exact) mass is 261 g/mol. The number of rotatable bonds is 5. The van der Waals surface area contributed by atoms with Gasteiger partial charge in [0.05, 0.1) is 16.7 Å². The van der Waals surface area contributed by atoms with Crippen molar-refractivity contribution in [2.45, 2.75) is 26.3 Å². The van der Waals surface area contributed by atoms with Gasteiger partial charge in [-0.2, -0.15) is 0 Å². The fourth-order valence-corrected chi connectivity index (χ4v) is 1.50. The molecule has 0 radical (unpaired) electrons. The van der Waals surface area contributed by atoms with Gasteiger partial charge in [-0.3, -0.25) is 0 Å². The van der Waals surface area contributed by atoms with Crippen molar-refractivity contribution in [3.63, 3.8) is 0 Å². The van der Waals surface area contributed by atoms with Crippen LogP contribution in [0.15, 0.2) is 18.2 Å². The van der Waals surface area contributed by atoms with Crippen molar-refractivity contribution in [3.8, 4) is 5.75 Å². The Kier molecular flexibility index (Phi) is 5.39. The third kappa shape index (κ3) is 4.20. The van der Waals surface area contributed by atoms with E-state index in [1.165, 1.54) is 0 Å². The molecule has 4 heteroatoms. The summed E-state index contributed by atoms with van der Waals surface area (Å²) in [6, 6.07) is 5.41. The molecular formula is C12H17Cl2NO. The molecule has 16 heavy (non-hydrogen) atoms. The molecule has 0 heterocycles. The molecule has 2 N–H and O–H groups in total. The zero-order valence-electron chi connectivity index (χ0n) is 9.54. The quantitative estimate of drug-likeness (QED) is 0.877. The zero-order chi connectivity index (χ0) is 12.1. The van der Waals surface area contributed by atoms with E-state index in [1.54, 1.807) is 18.2 Å². The number of ether oxygens (including phenoxy) is 1. The van der Waals surface area contributed by atoms with Gasteiger partial charge in [-0.05, 0) is 24.5 Å². The van der Waals surface area contributed by atoms with E-state index in [4.69, 9.17) is 33.7 Å². The lowest BCUT2D eigenvalue weighted by Gasteiger charge is -2.15. The molecule has 0 amide bonds. The summed E-state index contributed by atoms with van der Waals surface area (Å²) in [6.07, 6.45) is 0.831. The fourth-order valence-electron chi connectivity index (χ4n) is 1.21. The van der Waals surface area contributed by atoms with Gasteiger partial charge in [0.1, 0.15) is 5.75 Å². The van der Waals surface area contributed by atoms with E-state index in [0.29, 0.717) is 22.6 Å². The maximum Gasteiger partial charge on any atom is 0.120 e. The van der Waals surface area contributed by atoms with Crippen LogP contribution >= 0.6 is 23.2 Å². The predicted octanol–water partition coefficient (Wildman–Crippen LogP) is 3.75. The average molecular weight is 262 g/mol. The molecule has 0 aliphatic heterocycles. The second-order valence-corrected chi connectivity index (χ2v) is 4.94. The van der Waals surface area contributed by atoms with E-state index in [0.717, 1.165) is 12.2 Å². The molecule has 90 valence electrons. The molecule has 0 bridgehead atoms. The standard InChI is InChI=1S/C12H17Cl2NO/c1-8(2)12(15)5-6-16-9-3-4-10(13)11(14)7-9/h3-4,7-8,12H,5-6,15H2,1-2H3. The lowest BCUT2D eigenvalue weighted by molar-refractivity contribution is 0.282. The first-order valence-corrected chi connectivity index (χ1v) is 6.09. The van der Waals surface area contributed by atoms with Crippen LogP contribution in [0.25, 0.3) is 0 Å². The highest BCUT2D eigenvalue weighted by Gasteiger charge is 2.07. The molecule has 1 atom stereocenters. The number of hydrogen-bond donors (Lipinski definition) is 1. The van der Waals surface area contributed by atoms with E-state index in [1.807, 2.05) is 0 Å². The summed E-state index contributed by atoms with van der Waals surface area (Å²) >= 11 is 11.7. The van der Waals surface area contributed by atoms with Gasteiger partial charge in [0.15, 0.2) is 0 Å². The molecule has 0 aromatic heterocycles. The molecule has 0 saturated heterocycles. The van der Waals surface area contributed by atoms with E-state index in [-0.39, 0.29) is 6.04 Å². The van der Waals surface area contributed by atoms with Crippen LogP contribution in [-0.4, -0.2) is 12.6 Å². The normalized spacial score (nSPS) is 12.9. The van der Waals surface area contributed by atoms with Crippen LogP contribution in [0.3, 0.4) is 0 Å². The Bertz CT molecular complexity index is 342. The van der Waals surface area contributed by atoms with E-state index in [9.17, 15) is 0 Å². The first-order valence-electron chi connectivity index (χ1n) is 5.34. The van der Waals surface area contributed by atoms with Crippen LogP contribution in [0.2, 0.25) is 10.0 Å². The second kappa shape index (κ2) is 6.33. The summed E-state index contributed by atoms with van der Waals surface area (Å²) < 4.78 is 5.54. The smallest absolute Gasteiger partial charge is 0.120 e. The molecule has 1 aromatic carbocycles. The van der Waals surface area contributed by atoms with E-state index in [2.05, 4.69) is 13.8 Å². The molecule has 0 spiro atoms. The van der Waals surface area contributed by atoms with Crippen LogP contribution in [-0.2, 0) is 0 Å². The third-order valence-electron chi connectivity index (χ3n) is 2.47. The van der Waals surface area contributed by atoms with Gasteiger partial charge in [-0.1, -0.05) is 37.0 Å². The Morgan fingerprint density at radius 3 is 2.50 bits per heavy atom. The Balaban J connectivity index is 2.40. The molecule has 1 aromatic rings. The zero-order valence-corrected chi connectivity index (χ0v) is 11.1. The molecule has 0 fully saturated rings. The summed E-state index contributed by atoms with van der Waals surface area (Å²) in [5.74, 6) is 1.20. The van der Waals surface area contributed by atoms with Gasteiger partial charge in [0.25, 0.3) is 0 Å². The van der Waals surface area contributed by atoms with Crippen molar-refractivity contribution < 1.29 is 4.74 Å². The predicted molar refractivity (Wildman–Crippen MR) is 69.4 cm³/mol. The highest BCUT2D eigenvalue weighted by atomic mass is 35.5. The van der Waals surface area contributed by atoms with Crippen molar-refractivity contribution in [2.24, 2.45) is 11.7 Å². The topological polar surface area (TPSA) is 35.2 Å². The SMILES string of the molecule is CC(C)C(N)CCOc1ccc(Cl)c(Cl)c1. The molecule has 0 saturated carbocycles. The first-order chi connectivity index (χ1) is 7.50. The van der Waals surface area contributed by atoms with Crippen molar-refractivity contribution in [2.75, 3.05) is 6.61 Å². The summed E-state index contributed by atoms with van der Waals surface area (Å²) in [7, 11) is 0. The number of halogens is 2. The minimum absolute atomic E-state index is 0.169. The molecule has 0 aliphatic carbocycles. The van der Waals surface area contributed by atoms with Crippen LogP contribution in [0.1, 0.15) is 20.3 Å². The lowest BCUT2D eigenvalue weighted by Crippen LogP contribution is -2.28. The average Bonchev–Trinajstić information content (AvgIpc) is 2.23. The molecule has 2 nitrogen and oxygen atoms in total. The fraction of sp³-hybridized carbons (Fsp3) is 0.500. The molecule has 1 rings (SSSR count). The van der Waals surface area contributed by atoms with Gasteiger partial charge in [0, 0.05) is 12.1 Å². The summed E-state index contributed by atoms with van der Waals surface area (Å²) in [5.41, 5.74) is 5.91. The maximum atomic E-state index is 5.91. The molecule has 1 unspecified atom stereocenters.